The molecule has 2 fully saturated rings. The van der Waals surface area contributed by atoms with Gasteiger partial charge in [-0.15, -0.1) is 0 Å². The largest absolute Gasteiger partial charge is 0.378 e. The number of likely N-dealkylation sites (tertiary alicyclic amines) is 1. The molecule has 0 aromatic heterocycles. The number of nitrogens with zero attached hydrogens (tertiary/aromatic N) is 2. The zero-order valence-electron chi connectivity index (χ0n) is 15.6. The number of aliphatic imine (C=N–C) groups is 1. The van der Waals surface area contributed by atoms with Crippen molar-refractivity contribution in [1.29, 1.82) is 0 Å². The van der Waals surface area contributed by atoms with Gasteiger partial charge in [0, 0.05) is 44.9 Å². The molecule has 134 valence electrons. The van der Waals surface area contributed by atoms with Crippen LogP contribution in [-0.2, 0) is 4.74 Å². The van der Waals surface area contributed by atoms with Crippen LogP contribution in [0.5, 0.6) is 0 Å². The highest BCUT2D eigenvalue weighted by Crippen LogP contribution is 2.33. The van der Waals surface area contributed by atoms with E-state index in [9.17, 15) is 0 Å². The lowest BCUT2D eigenvalue weighted by Gasteiger charge is -2.22. The van der Waals surface area contributed by atoms with Crippen LogP contribution in [-0.4, -0.2) is 61.8 Å². The topological polar surface area (TPSA) is 48.9 Å². The van der Waals surface area contributed by atoms with Gasteiger partial charge in [-0.1, -0.05) is 13.8 Å². The molecule has 2 aliphatic rings. The molecule has 1 aliphatic carbocycles. The van der Waals surface area contributed by atoms with Gasteiger partial charge in [0.05, 0.1) is 6.10 Å². The summed E-state index contributed by atoms with van der Waals surface area (Å²) in [6, 6.07) is 2.07. The van der Waals surface area contributed by atoms with Crippen LogP contribution in [0.15, 0.2) is 4.99 Å². The molecule has 1 saturated heterocycles. The molecule has 0 aromatic rings. The van der Waals surface area contributed by atoms with Crippen LogP contribution in [0.2, 0.25) is 0 Å². The Morgan fingerprint density at radius 1 is 1.35 bits per heavy atom. The molecule has 2 rings (SSSR count). The Labute approximate surface area is 142 Å². The van der Waals surface area contributed by atoms with E-state index in [-0.39, 0.29) is 0 Å². The fourth-order valence-corrected chi connectivity index (χ4v) is 3.62. The Morgan fingerprint density at radius 3 is 2.65 bits per heavy atom. The molecule has 0 amide bonds. The lowest BCUT2D eigenvalue weighted by atomic mass is 10.0. The first kappa shape index (κ1) is 18.5. The van der Waals surface area contributed by atoms with Crippen molar-refractivity contribution in [2.75, 3.05) is 26.7 Å². The summed E-state index contributed by atoms with van der Waals surface area (Å²) in [4.78, 5) is 7.05. The minimum atomic E-state index is 0.322. The molecule has 0 spiro atoms. The van der Waals surface area contributed by atoms with Gasteiger partial charge in [0.1, 0.15) is 0 Å². The van der Waals surface area contributed by atoms with E-state index >= 15 is 0 Å². The van der Waals surface area contributed by atoms with Crippen LogP contribution in [0, 0.1) is 5.92 Å². The molecule has 0 radical (unpaired) electrons. The van der Waals surface area contributed by atoms with Crippen LogP contribution in [0.25, 0.3) is 0 Å². The molecule has 0 aromatic carbocycles. The molecule has 1 heterocycles. The zero-order chi connectivity index (χ0) is 16.8. The van der Waals surface area contributed by atoms with Crippen molar-refractivity contribution >= 4 is 5.96 Å². The highest BCUT2D eigenvalue weighted by atomic mass is 16.5. The Bertz CT molecular complexity index is 381. The molecule has 5 nitrogen and oxygen atoms in total. The van der Waals surface area contributed by atoms with E-state index in [0.29, 0.717) is 24.1 Å². The smallest absolute Gasteiger partial charge is 0.191 e. The minimum absolute atomic E-state index is 0.322. The second kappa shape index (κ2) is 8.88. The van der Waals surface area contributed by atoms with E-state index in [0.717, 1.165) is 38.1 Å². The van der Waals surface area contributed by atoms with Crippen LogP contribution in [0.3, 0.4) is 0 Å². The maximum atomic E-state index is 5.81. The van der Waals surface area contributed by atoms with Gasteiger partial charge in [0.2, 0.25) is 0 Å². The summed E-state index contributed by atoms with van der Waals surface area (Å²) in [7, 11) is 1.86. The average molecular weight is 325 g/mol. The molecular weight excluding hydrogens is 288 g/mol. The molecule has 0 bridgehead atoms. The summed E-state index contributed by atoms with van der Waals surface area (Å²) in [6.45, 7) is 11.7. The summed E-state index contributed by atoms with van der Waals surface area (Å²) in [5, 5.41) is 7.05. The normalized spacial score (nSPS) is 27.5. The maximum Gasteiger partial charge on any atom is 0.191 e. The van der Waals surface area contributed by atoms with E-state index in [2.05, 4.69) is 48.2 Å². The van der Waals surface area contributed by atoms with E-state index in [1.807, 2.05) is 7.05 Å². The van der Waals surface area contributed by atoms with Crippen molar-refractivity contribution in [1.82, 2.24) is 15.5 Å². The number of guanidine groups is 1. The predicted molar refractivity (Wildman–Crippen MR) is 97.0 cm³/mol. The number of hydrogen-bond donors (Lipinski definition) is 2. The minimum Gasteiger partial charge on any atom is -0.378 e. The quantitative estimate of drug-likeness (QED) is 0.531. The molecule has 3 unspecified atom stereocenters. The molecule has 1 saturated carbocycles. The Balaban J connectivity index is 1.71. The summed E-state index contributed by atoms with van der Waals surface area (Å²) in [6.07, 6.45) is 5.32. The maximum absolute atomic E-state index is 5.81. The van der Waals surface area contributed by atoms with Crippen molar-refractivity contribution in [3.05, 3.63) is 0 Å². The van der Waals surface area contributed by atoms with Gasteiger partial charge in [0.15, 0.2) is 5.96 Å². The van der Waals surface area contributed by atoms with Gasteiger partial charge in [-0.25, -0.2) is 0 Å². The van der Waals surface area contributed by atoms with E-state index in [4.69, 9.17) is 4.74 Å². The summed E-state index contributed by atoms with van der Waals surface area (Å²) >= 11 is 0. The second-order valence-corrected chi connectivity index (χ2v) is 7.38. The third-order valence-electron chi connectivity index (χ3n) is 5.05. The summed E-state index contributed by atoms with van der Waals surface area (Å²) in [5.41, 5.74) is 0. The lowest BCUT2D eigenvalue weighted by Crippen LogP contribution is -2.45. The van der Waals surface area contributed by atoms with Gasteiger partial charge in [-0.05, 0) is 45.4 Å². The van der Waals surface area contributed by atoms with E-state index in [1.54, 1.807) is 0 Å². The monoisotopic (exact) mass is 324 g/mol. The fraction of sp³-hybridized carbons (Fsp3) is 0.944. The highest BCUT2D eigenvalue weighted by molar-refractivity contribution is 5.80. The highest BCUT2D eigenvalue weighted by Gasteiger charge is 2.38. The lowest BCUT2D eigenvalue weighted by molar-refractivity contribution is 0.0258. The molecule has 23 heavy (non-hydrogen) atoms. The number of hydrogen-bond acceptors (Lipinski definition) is 3. The van der Waals surface area contributed by atoms with Gasteiger partial charge in [-0.3, -0.25) is 9.89 Å². The van der Waals surface area contributed by atoms with Crippen molar-refractivity contribution in [3.8, 4) is 0 Å². The van der Waals surface area contributed by atoms with Crippen LogP contribution in [0.4, 0.5) is 0 Å². The Morgan fingerprint density at radius 2 is 2.09 bits per heavy atom. The first-order valence-electron chi connectivity index (χ1n) is 9.39. The molecule has 2 N–H and O–H groups in total. The van der Waals surface area contributed by atoms with Crippen LogP contribution >= 0.6 is 0 Å². The first-order valence-corrected chi connectivity index (χ1v) is 9.39. The Hall–Kier alpha value is -0.810. The summed E-state index contributed by atoms with van der Waals surface area (Å²) < 4.78 is 5.81. The predicted octanol–water partition coefficient (Wildman–Crippen LogP) is 2.23. The molecule has 3 atom stereocenters. The zero-order valence-corrected chi connectivity index (χ0v) is 15.6. The molecule has 1 aliphatic heterocycles. The van der Waals surface area contributed by atoms with Gasteiger partial charge in [0.25, 0.3) is 0 Å². The standard InChI is InChI=1S/C18H36N4O/c1-6-23-17(13(2)3)9-10-20-18(19-5)21-15-11-14(4)22(12-15)16-7-8-16/h13-17H,6-12H2,1-5H3,(H2,19,20,21). The van der Waals surface area contributed by atoms with Crippen molar-refractivity contribution < 1.29 is 4.74 Å². The third kappa shape index (κ3) is 5.64. The Kier molecular flexibility index (Phi) is 7.15. The van der Waals surface area contributed by atoms with Crippen molar-refractivity contribution in [2.24, 2.45) is 10.9 Å². The van der Waals surface area contributed by atoms with E-state index < -0.39 is 0 Å². The number of rotatable bonds is 8. The molecule has 5 heteroatoms. The van der Waals surface area contributed by atoms with Crippen molar-refractivity contribution in [3.63, 3.8) is 0 Å². The molecular formula is C18H36N4O. The number of ether oxygens (including phenoxy) is 1. The number of nitrogens with one attached hydrogen (secondary N) is 2. The average Bonchev–Trinajstić information content (AvgIpc) is 3.29. The van der Waals surface area contributed by atoms with Gasteiger partial charge < -0.3 is 15.4 Å². The second-order valence-electron chi connectivity index (χ2n) is 7.38. The first-order chi connectivity index (χ1) is 11.0. The van der Waals surface area contributed by atoms with Crippen molar-refractivity contribution in [2.45, 2.75) is 77.6 Å². The third-order valence-corrected chi connectivity index (χ3v) is 5.05. The van der Waals surface area contributed by atoms with Crippen LogP contribution < -0.4 is 10.6 Å². The van der Waals surface area contributed by atoms with Gasteiger partial charge >= 0.3 is 0 Å². The van der Waals surface area contributed by atoms with E-state index in [1.165, 1.54) is 19.3 Å². The fourth-order valence-electron chi connectivity index (χ4n) is 3.62. The van der Waals surface area contributed by atoms with Crippen LogP contribution in [0.1, 0.15) is 53.4 Å². The summed E-state index contributed by atoms with van der Waals surface area (Å²) in [5.74, 6) is 1.48. The SMILES string of the molecule is CCOC(CCNC(=NC)NC1CC(C)N(C2CC2)C1)C(C)C. The van der Waals surface area contributed by atoms with Gasteiger partial charge in [-0.2, -0.15) is 0 Å².